The number of hydrogen-bond acceptors (Lipinski definition) is 8. The molecule has 3 aromatic heterocycles. The molecule has 0 amide bonds. The fourth-order valence-corrected chi connectivity index (χ4v) is 3.47. The van der Waals surface area contributed by atoms with Gasteiger partial charge in [0.25, 0.3) is 0 Å². The van der Waals surface area contributed by atoms with Crippen LogP contribution in [0.4, 0.5) is 11.4 Å². The van der Waals surface area contributed by atoms with Crippen molar-refractivity contribution in [2.45, 2.75) is 13.2 Å². The first-order chi connectivity index (χ1) is 10.2. The average molecular weight is 322 g/mol. The van der Waals surface area contributed by atoms with E-state index in [1.165, 1.54) is 28.9 Å². The molecule has 3 heterocycles. The second kappa shape index (κ2) is 5.72. The third kappa shape index (κ3) is 2.71. The van der Waals surface area contributed by atoms with Crippen LogP contribution in [0.1, 0.15) is 10.7 Å². The van der Waals surface area contributed by atoms with E-state index in [2.05, 4.69) is 15.3 Å². The van der Waals surface area contributed by atoms with E-state index in [1.54, 1.807) is 5.38 Å². The average Bonchev–Trinajstić information content (AvgIpc) is 3.12. The molecule has 3 rings (SSSR count). The van der Waals surface area contributed by atoms with Gasteiger partial charge in [0.1, 0.15) is 16.9 Å². The minimum Gasteiger partial charge on any atom is -0.390 e. The summed E-state index contributed by atoms with van der Waals surface area (Å²) in [5.74, 6) is 0. The molecule has 0 radical (unpaired) electrons. The Kier molecular flexibility index (Phi) is 3.78. The van der Waals surface area contributed by atoms with E-state index in [0.717, 1.165) is 15.2 Å². The molecular weight excluding hydrogens is 312 g/mol. The van der Waals surface area contributed by atoms with Crippen molar-refractivity contribution >= 4 is 44.3 Å². The summed E-state index contributed by atoms with van der Waals surface area (Å²) in [6.45, 7) is 0.254. The molecule has 0 unspecified atom stereocenters. The van der Waals surface area contributed by atoms with Gasteiger partial charge in [0.15, 0.2) is 0 Å². The summed E-state index contributed by atoms with van der Waals surface area (Å²) in [5.41, 5.74) is 1.73. The SMILES string of the molecule is O=[N+]([O-])c1cnc2ccsc2c1NCc1nc(CO)cs1. The van der Waals surface area contributed by atoms with Crippen LogP contribution in [0.3, 0.4) is 0 Å². The predicted octanol–water partition coefficient (Wildman–Crippen LogP) is 2.77. The van der Waals surface area contributed by atoms with Crippen molar-refractivity contribution in [2.75, 3.05) is 5.32 Å². The minimum atomic E-state index is -0.449. The van der Waals surface area contributed by atoms with Gasteiger partial charge >= 0.3 is 5.69 Å². The van der Waals surface area contributed by atoms with Gasteiger partial charge in [-0.1, -0.05) is 0 Å². The molecule has 9 heteroatoms. The van der Waals surface area contributed by atoms with Crippen molar-refractivity contribution in [3.63, 3.8) is 0 Å². The molecule has 0 aromatic carbocycles. The van der Waals surface area contributed by atoms with Crippen LogP contribution in [0.5, 0.6) is 0 Å². The van der Waals surface area contributed by atoms with Gasteiger partial charge in [-0.05, 0) is 11.4 Å². The summed E-state index contributed by atoms with van der Waals surface area (Å²) in [6.07, 6.45) is 1.26. The molecular formula is C12H10N4O3S2. The van der Waals surface area contributed by atoms with Gasteiger partial charge in [0.05, 0.1) is 34.0 Å². The zero-order valence-corrected chi connectivity index (χ0v) is 12.3. The highest BCUT2D eigenvalue weighted by Crippen LogP contribution is 2.35. The molecule has 0 aliphatic rings. The molecule has 21 heavy (non-hydrogen) atoms. The number of pyridine rings is 1. The summed E-state index contributed by atoms with van der Waals surface area (Å²) >= 11 is 2.80. The fraction of sp³-hybridized carbons (Fsp3) is 0.167. The minimum absolute atomic E-state index is 0.0520. The van der Waals surface area contributed by atoms with E-state index in [4.69, 9.17) is 5.11 Å². The number of rotatable bonds is 5. The Balaban J connectivity index is 1.92. The van der Waals surface area contributed by atoms with E-state index >= 15 is 0 Å². The zero-order chi connectivity index (χ0) is 14.8. The monoisotopic (exact) mass is 322 g/mol. The standard InChI is InChI=1S/C12H10N4O3S2/c17-5-7-6-21-10(15-7)4-14-11-9(16(18)19)3-13-8-1-2-20-12(8)11/h1-3,6,17H,4-5H2,(H,13,14). The smallest absolute Gasteiger partial charge is 0.311 e. The molecule has 0 aliphatic carbocycles. The van der Waals surface area contributed by atoms with Crippen LogP contribution in [0.2, 0.25) is 0 Å². The Morgan fingerprint density at radius 1 is 1.43 bits per heavy atom. The Bertz CT molecular complexity index is 799. The lowest BCUT2D eigenvalue weighted by Crippen LogP contribution is -2.03. The number of fused-ring (bicyclic) bond motifs is 1. The number of thiazole rings is 1. The van der Waals surface area contributed by atoms with Crippen molar-refractivity contribution in [2.24, 2.45) is 0 Å². The van der Waals surface area contributed by atoms with Crippen LogP contribution in [0.25, 0.3) is 10.2 Å². The highest BCUT2D eigenvalue weighted by Gasteiger charge is 2.19. The van der Waals surface area contributed by atoms with Crippen molar-refractivity contribution < 1.29 is 10.0 Å². The predicted molar refractivity (Wildman–Crippen MR) is 81.6 cm³/mol. The van der Waals surface area contributed by atoms with Crippen LogP contribution in [0, 0.1) is 10.1 Å². The zero-order valence-electron chi connectivity index (χ0n) is 10.6. The highest BCUT2D eigenvalue weighted by molar-refractivity contribution is 7.17. The van der Waals surface area contributed by atoms with Gasteiger partial charge in [-0.2, -0.15) is 0 Å². The molecule has 0 aliphatic heterocycles. The Morgan fingerprint density at radius 2 is 2.29 bits per heavy atom. The maximum Gasteiger partial charge on any atom is 0.311 e. The van der Waals surface area contributed by atoms with E-state index in [1.807, 2.05) is 11.4 Å². The van der Waals surface area contributed by atoms with Gasteiger partial charge in [-0.3, -0.25) is 10.1 Å². The number of aromatic nitrogens is 2. The Hall–Kier alpha value is -2.10. The van der Waals surface area contributed by atoms with Crippen molar-refractivity contribution in [1.29, 1.82) is 0 Å². The second-order valence-corrected chi connectivity index (χ2v) is 6.01. The summed E-state index contributed by atoms with van der Waals surface area (Å²) in [7, 11) is 0. The molecule has 3 aromatic rings. The summed E-state index contributed by atoms with van der Waals surface area (Å²) in [5, 5.41) is 27.6. The van der Waals surface area contributed by atoms with E-state index < -0.39 is 4.92 Å². The Labute approximate surface area is 127 Å². The number of nitrogens with one attached hydrogen (secondary N) is 1. The van der Waals surface area contributed by atoms with E-state index in [9.17, 15) is 10.1 Å². The largest absolute Gasteiger partial charge is 0.390 e. The third-order valence-corrected chi connectivity index (χ3v) is 4.65. The summed E-state index contributed by atoms with van der Waals surface area (Å²) < 4.78 is 0.753. The molecule has 2 N–H and O–H groups in total. The van der Waals surface area contributed by atoms with Crippen molar-refractivity contribution in [1.82, 2.24) is 9.97 Å². The number of nitrogens with zero attached hydrogens (tertiary/aromatic N) is 3. The molecule has 7 nitrogen and oxygen atoms in total. The van der Waals surface area contributed by atoms with Gasteiger partial charge in [0, 0.05) is 5.38 Å². The van der Waals surface area contributed by atoms with Crippen molar-refractivity contribution in [3.05, 3.63) is 43.8 Å². The molecule has 0 saturated carbocycles. The van der Waals surface area contributed by atoms with Gasteiger partial charge in [0.2, 0.25) is 0 Å². The number of aliphatic hydroxyl groups excluding tert-OH is 1. The highest BCUT2D eigenvalue weighted by atomic mass is 32.1. The van der Waals surface area contributed by atoms with Crippen LogP contribution in [0.15, 0.2) is 23.0 Å². The number of thiophene rings is 1. The first-order valence-corrected chi connectivity index (χ1v) is 7.73. The van der Waals surface area contributed by atoms with Gasteiger partial charge in [-0.15, -0.1) is 22.7 Å². The van der Waals surface area contributed by atoms with Crippen LogP contribution in [-0.2, 0) is 13.2 Å². The Morgan fingerprint density at radius 3 is 3.00 bits per heavy atom. The maximum absolute atomic E-state index is 11.1. The second-order valence-electron chi connectivity index (χ2n) is 4.15. The molecule has 0 spiro atoms. The lowest BCUT2D eigenvalue weighted by atomic mass is 10.3. The summed E-state index contributed by atoms with van der Waals surface area (Å²) in [6, 6.07) is 1.82. The van der Waals surface area contributed by atoms with Crippen LogP contribution >= 0.6 is 22.7 Å². The number of nitro groups is 1. The van der Waals surface area contributed by atoms with Crippen LogP contribution in [-0.4, -0.2) is 20.0 Å². The van der Waals surface area contributed by atoms with Crippen molar-refractivity contribution in [3.8, 4) is 0 Å². The first-order valence-electron chi connectivity index (χ1n) is 5.97. The quantitative estimate of drug-likeness (QED) is 0.553. The normalized spacial score (nSPS) is 10.9. The maximum atomic E-state index is 11.1. The molecule has 0 atom stereocenters. The lowest BCUT2D eigenvalue weighted by molar-refractivity contribution is -0.384. The first kappa shape index (κ1) is 13.9. The lowest BCUT2D eigenvalue weighted by Gasteiger charge is -2.06. The topological polar surface area (TPSA) is 101 Å². The summed E-state index contributed by atoms with van der Waals surface area (Å²) in [4.78, 5) is 19.0. The molecule has 0 bridgehead atoms. The molecule has 0 fully saturated rings. The van der Waals surface area contributed by atoms with E-state index in [-0.39, 0.29) is 12.3 Å². The van der Waals surface area contributed by atoms with E-state index in [0.29, 0.717) is 17.9 Å². The third-order valence-electron chi connectivity index (χ3n) is 2.83. The van der Waals surface area contributed by atoms with Gasteiger partial charge in [-0.25, -0.2) is 9.97 Å². The number of aliphatic hydroxyl groups is 1. The van der Waals surface area contributed by atoms with Gasteiger partial charge < -0.3 is 10.4 Å². The number of hydrogen-bond donors (Lipinski definition) is 2. The number of anilines is 1. The van der Waals surface area contributed by atoms with Crippen LogP contribution < -0.4 is 5.32 Å². The fourth-order valence-electron chi connectivity index (χ4n) is 1.88. The molecule has 108 valence electrons. The molecule has 0 saturated heterocycles.